The average molecular weight is 252 g/mol. The second-order valence-electron chi connectivity index (χ2n) is 4.53. The lowest BCUT2D eigenvalue weighted by atomic mass is 10.1. The van der Waals surface area contributed by atoms with Gasteiger partial charge in [-0.3, -0.25) is 0 Å². The molecule has 0 atom stereocenters. The number of fused-ring (bicyclic) bond motifs is 2. The standard InChI is InChI=1S/C15H12N2S/c1-2-4-13-10(3-1)9-14(18-13)11-5-7-16-15-12(11)6-8-17-15/h1,3,5-9H,2,4H2,(H,16,17). The Bertz CT molecular complexity index is 749. The van der Waals surface area contributed by atoms with Gasteiger partial charge in [-0.15, -0.1) is 11.3 Å². The molecule has 0 aromatic carbocycles. The van der Waals surface area contributed by atoms with Crippen LogP contribution in [0.4, 0.5) is 0 Å². The van der Waals surface area contributed by atoms with Crippen molar-refractivity contribution in [3.63, 3.8) is 0 Å². The summed E-state index contributed by atoms with van der Waals surface area (Å²) in [5, 5.41) is 1.21. The Morgan fingerprint density at radius 2 is 2.28 bits per heavy atom. The van der Waals surface area contributed by atoms with Crippen molar-refractivity contribution in [2.45, 2.75) is 12.8 Å². The van der Waals surface area contributed by atoms with Gasteiger partial charge in [-0.1, -0.05) is 12.2 Å². The Hall–Kier alpha value is -1.87. The van der Waals surface area contributed by atoms with Crippen molar-refractivity contribution in [1.29, 1.82) is 0 Å². The number of thiophene rings is 1. The third-order valence-electron chi connectivity index (χ3n) is 3.40. The highest BCUT2D eigenvalue weighted by Crippen LogP contribution is 2.37. The van der Waals surface area contributed by atoms with Crippen LogP contribution in [0.1, 0.15) is 16.9 Å². The molecule has 0 amide bonds. The number of H-pyrrole nitrogens is 1. The lowest BCUT2D eigenvalue weighted by molar-refractivity contribution is 1.01. The van der Waals surface area contributed by atoms with E-state index in [0.29, 0.717) is 0 Å². The van der Waals surface area contributed by atoms with E-state index >= 15 is 0 Å². The lowest BCUT2D eigenvalue weighted by Crippen LogP contribution is -1.85. The fraction of sp³-hybridized carbons (Fsp3) is 0.133. The summed E-state index contributed by atoms with van der Waals surface area (Å²) in [5.74, 6) is 0. The molecule has 88 valence electrons. The zero-order valence-electron chi connectivity index (χ0n) is 9.81. The minimum absolute atomic E-state index is 0.967. The summed E-state index contributed by atoms with van der Waals surface area (Å²) < 4.78 is 0. The SMILES string of the molecule is C1=Cc2cc(-c3ccnc4[nH]ccc34)sc2CC1. The van der Waals surface area contributed by atoms with Crippen molar-refractivity contribution in [2.24, 2.45) is 0 Å². The first kappa shape index (κ1) is 10.1. The van der Waals surface area contributed by atoms with Crippen LogP contribution in [-0.2, 0) is 6.42 Å². The highest BCUT2D eigenvalue weighted by Gasteiger charge is 2.13. The van der Waals surface area contributed by atoms with Crippen molar-refractivity contribution in [2.75, 3.05) is 0 Å². The summed E-state index contributed by atoms with van der Waals surface area (Å²) in [4.78, 5) is 10.4. The van der Waals surface area contributed by atoms with E-state index in [9.17, 15) is 0 Å². The number of aromatic nitrogens is 2. The Morgan fingerprint density at radius 1 is 1.28 bits per heavy atom. The lowest BCUT2D eigenvalue weighted by Gasteiger charge is -2.01. The van der Waals surface area contributed by atoms with Crippen molar-refractivity contribution >= 4 is 28.4 Å². The second kappa shape index (κ2) is 3.82. The van der Waals surface area contributed by atoms with Gasteiger partial charge in [-0.25, -0.2) is 4.98 Å². The van der Waals surface area contributed by atoms with Gasteiger partial charge in [-0.2, -0.15) is 0 Å². The summed E-state index contributed by atoms with van der Waals surface area (Å²) >= 11 is 1.91. The molecule has 1 N–H and O–H groups in total. The van der Waals surface area contributed by atoms with E-state index in [2.05, 4.69) is 40.3 Å². The highest BCUT2D eigenvalue weighted by molar-refractivity contribution is 7.15. The van der Waals surface area contributed by atoms with Gasteiger partial charge in [-0.05, 0) is 36.6 Å². The van der Waals surface area contributed by atoms with Gasteiger partial charge in [0.05, 0.1) is 0 Å². The van der Waals surface area contributed by atoms with Crippen LogP contribution in [0, 0.1) is 0 Å². The highest BCUT2D eigenvalue weighted by atomic mass is 32.1. The number of aromatic amines is 1. The smallest absolute Gasteiger partial charge is 0.137 e. The molecule has 0 radical (unpaired) electrons. The van der Waals surface area contributed by atoms with Crippen LogP contribution in [-0.4, -0.2) is 9.97 Å². The number of nitrogens with one attached hydrogen (secondary N) is 1. The maximum atomic E-state index is 4.34. The minimum atomic E-state index is 0.967. The number of allylic oxidation sites excluding steroid dienone is 1. The topological polar surface area (TPSA) is 28.7 Å². The van der Waals surface area contributed by atoms with Gasteiger partial charge in [0.1, 0.15) is 5.65 Å². The van der Waals surface area contributed by atoms with E-state index in [4.69, 9.17) is 0 Å². The van der Waals surface area contributed by atoms with Crippen LogP contribution in [0.25, 0.3) is 27.6 Å². The number of nitrogens with zero attached hydrogens (tertiary/aromatic N) is 1. The molecule has 1 aliphatic carbocycles. The molecule has 0 unspecified atom stereocenters. The molecule has 0 aliphatic heterocycles. The molecular weight excluding hydrogens is 240 g/mol. The molecule has 1 aliphatic rings. The van der Waals surface area contributed by atoms with E-state index in [0.717, 1.165) is 5.65 Å². The summed E-state index contributed by atoms with van der Waals surface area (Å²) in [5.41, 5.74) is 3.64. The monoisotopic (exact) mass is 252 g/mol. The second-order valence-corrected chi connectivity index (χ2v) is 5.67. The van der Waals surface area contributed by atoms with Crippen LogP contribution < -0.4 is 0 Å². The molecule has 2 nitrogen and oxygen atoms in total. The van der Waals surface area contributed by atoms with Crippen molar-refractivity contribution in [1.82, 2.24) is 9.97 Å². The van der Waals surface area contributed by atoms with E-state index in [-0.39, 0.29) is 0 Å². The average Bonchev–Trinajstić information content (AvgIpc) is 3.04. The normalized spacial score (nSPS) is 14.0. The number of hydrogen-bond acceptors (Lipinski definition) is 2. The minimum Gasteiger partial charge on any atom is -0.346 e. The molecule has 0 spiro atoms. The molecule has 0 saturated heterocycles. The predicted molar refractivity (Wildman–Crippen MR) is 76.8 cm³/mol. The van der Waals surface area contributed by atoms with Crippen LogP contribution in [0.3, 0.4) is 0 Å². The first-order valence-electron chi connectivity index (χ1n) is 6.13. The van der Waals surface area contributed by atoms with E-state index in [1.54, 1.807) is 0 Å². The van der Waals surface area contributed by atoms with E-state index < -0.39 is 0 Å². The summed E-state index contributed by atoms with van der Waals surface area (Å²) in [6.07, 6.45) is 10.7. The molecule has 0 saturated carbocycles. The number of hydrogen-bond donors (Lipinski definition) is 1. The van der Waals surface area contributed by atoms with Gasteiger partial charge in [0, 0.05) is 33.1 Å². The molecule has 18 heavy (non-hydrogen) atoms. The summed E-state index contributed by atoms with van der Waals surface area (Å²) in [7, 11) is 0. The van der Waals surface area contributed by atoms with Crippen molar-refractivity contribution in [3.05, 3.63) is 47.1 Å². The third kappa shape index (κ3) is 1.44. The van der Waals surface area contributed by atoms with E-state index in [1.165, 1.54) is 39.1 Å². The van der Waals surface area contributed by atoms with Crippen LogP contribution in [0.15, 0.2) is 36.7 Å². The Kier molecular flexibility index (Phi) is 2.14. The van der Waals surface area contributed by atoms with Crippen LogP contribution in [0.5, 0.6) is 0 Å². The van der Waals surface area contributed by atoms with Gasteiger partial charge in [0.2, 0.25) is 0 Å². The van der Waals surface area contributed by atoms with Crippen molar-refractivity contribution < 1.29 is 0 Å². The van der Waals surface area contributed by atoms with Crippen LogP contribution >= 0.6 is 11.3 Å². The fourth-order valence-electron chi connectivity index (χ4n) is 2.51. The van der Waals surface area contributed by atoms with Gasteiger partial charge >= 0.3 is 0 Å². The quantitative estimate of drug-likeness (QED) is 0.689. The van der Waals surface area contributed by atoms with Gasteiger partial charge < -0.3 is 4.98 Å². The molecule has 3 heterocycles. The predicted octanol–water partition coefficient (Wildman–Crippen LogP) is 4.25. The van der Waals surface area contributed by atoms with Gasteiger partial charge in [0.15, 0.2) is 0 Å². The largest absolute Gasteiger partial charge is 0.346 e. The maximum absolute atomic E-state index is 4.34. The fourth-order valence-corrected chi connectivity index (χ4v) is 3.72. The first-order chi connectivity index (χ1) is 8.92. The summed E-state index contributed by atoms with van der Waals surface area (Å²) in [6, 6.07) is 6.51. The zero-order valence-corrected chi connectivity index (χ0v) is 10.6. The summed E-state index contributed by atoms with van der Waals surface area (Å²) in [6.45, 7) is 0. The maximum Gasteiger partial charge on any atom is 0.137 e. The third-order valence-corrected chi connectivity index (χ3v) is 4.65. The number of aryl methyl sites for hydroxylation is 1. The van der Waals surface area contributed by atoms with Gasteiger partial charge in [0.25, 0.3) is 0 Å². The Morgan fingerprint density at radius 3 is 3.22 bits per heavy atom. The van der Waals surface area contributed by atoms with Crippen molar-refractivity contribution in [3.8, 4) is 10.4 Å². The molecule has 0 fully saturated rings. The van der Waals surface area contributed by atoms with Crippen LogP contribution in [0.2, 0.25) is 0 Å². The zero-order chi connectivity index (χ0) is 11.9. The molecule has 3 aromatic heterocycles. The molecular formula is C15H12N2S. The first-order valence-corrected chi connectivity index (χ1v) is 6.95. The molecule has 3 aromatic rings. The Labute approximate surface area is 109 Å². The Balaban J connectivity index is 1.94. The molecule has 0 bridgehead atoms. The number of pyridine rings is 1. The van der Waals surface area contributed by atoms with E-state index in [1.807, 2.05) is 23.7 Å². The molecule has 4 rings (SSSR count). The molecule has 3 heteroatoms. The number of rotatable bonds is 1.